The molecule has 0 aromatic heterocycles. The number of hydrogen-bond acceptors (Lipinski definition) is 4. The van der Waals surface area contributed by atoms with Crippen LogP contribution in [0, 0.1) is 5.92 Å². The third-order valence-corrected chi connectivity index (χ3v) is 16.2. The second kappa shape index (κ2) is 9.37. The van der Waals surface area contributed by atoms with Crippen molar-refractivity contribution in [3.05, 3.63) is 11.6 Å². The third-order valence-electron chi connectivity index (χ3n) is 7.21. The average Bonchev–Trinajstić information content (AvgIpc) is 2.49. The Morgan fingerprint density at radius 2 is 1.48 bits per heavy atom. The van der Waals surface area contributed by atoms with Gasteiger partial charge in [0.15, 0.2) is 16.6 Å². The van der Waals surface area contributed by atoms with Crippen molar-refractivity contribution in [2.75, 3.05) is 6.61 Å². The lowest BCUT2D eigenvalue weighted by Crippen LogP contribution is -2.51. The SMILES string of the molecule is CCOC(=O)/C=C1\C[C@@H](O[Si](C)(C)C(C)(C)C)C[C@H](O[Si](C)(C)C(C)(C)C)C1C. The van der Waals surface area contributed by atoms with E-state index in [2.05, 4.69) is 74.7 Å². The largest absolute Gasteiger partial charge is 0.463 e. The van der Waals surface area contributed by atoms with Gasteiger partial charge in [0, 0.05) is 12.0 Å². The first-order chi connectivity index (χ1) is 12.9. The molecule has 29 heavy (non-hydrogen) atoms. The van der Waals surface area contributed by atoms with E-state index in [0.29, 0.717) is 6.61 Å². The fourth-order valence-electron chi connectivity index (χ4n) is 3.15. The van der Waals surface area contributed by atoms with E-state index < -0.39 is 16.6 Å². The summed E-state index contributed by atoms with van der Waals surface area (Å²) < 4.78 is 18.8. The fraction of sp³-hybridized carbons (Fsp3) is 0.870. The summed E-state index contributed by atoms with van der Waals surface area (Å²) in [6.45, 7) is 27.2. The van der Waals surface area contributed by atoms with Crippen molar-refractivity contribution in [3.8, 4) is 0 Å². The molecule has 0 aromatic carbocycles. The highest BCUT2D eigenvalue weighted by Crippen LogP contribution is 2.44. The van der Waals surface area contributed by atoms with E-state index in [4.69, 9.17) is 13.6 Å². The van der Waals surface area contributed by atoms with E-state index in [-0.39, 0.29) is 34.2 Å². The Bertz CT molecular complexity index is 597. The second-order valence-corrected chi connectivity index (χ2v) is 21.1. The van der Waals surface area contributed by atoms with Crippen LogP contribution in [-0.4, -0.2) is 41.4 Å². The van der Waals surface area contributed by atoms with Gasteiger partial charge < -0.3 is 13.6 Å². The summed E-state index contributed by atoms with van der Waals surface area (Å²) in [5.41, 5.74) is 1.10. The fourth-order valence-corrected chi connectivity index (χ4v) is 5.93. The Morgan fingerprint density at radius 3 is 1.93 bits per heavy atom. The van der Waals surface area contributed by atoms with Crippen molar-refractivity contribution >= 4 is 22.6 Å². The molecule has 1 rings (SSSR count). The van der Waals surface area contributed by atoms with Crippen LogP contribution in [0.5, 0.6) is 0 Å². The van der Waals surface area contributed by atoms with Gasteiger partial charge in [-0.15, -0.1) is 0 Å². The molecule has 1 saturated carbocycles. The molecule has 0 N–H and O–H groups in total. The summed E-state index contributed by atoms with van der Waals surface area (Å²) in [5, 5.41) is 0.293. The number of hydrogen-bond donors (Lipinski definition) is 0. The molecule has 1 unspecified atom stereocenters. The Balaban J connectivity index is 3.19. The highest BCUT2D eigenvalue weighted by Gasteiger charge is 2.45. The lowest BCUT2D eigenvalue weighted by atomic mass is 9.81. The van der Waals surface area contributed by atoms with Gasteiger partial charge in [0.25, 0.3) is 0 Å². The van der Waals surface area contributed by atoms with E-state index in [1.54, 1.807) is 6.08 Å². The monoisotopic (exact) mass is 442 g/mol. The molecule has 0 aliphatic heterocycles. The van der Waals surface area contributed by atoms with Gasteiger partial charge in [0.05, 0.1) is 18.8 Å². The van der Waals surface area contributed by atoms with E-state index in [1.807, 2.05) is 6.92 Å². The van der Waals surface area contributed by atoms with Gasteiger partial charge in [0.1, 0.15) is 0 Å². The van der Waals surface area contributed by atoms with Crippen LogP contribution in [-0.2, 0) is 18.4 Å². The molecule has 0 bridgehead atoms. The van der Waals surface area contributed by atoms with Crippen molar-refractivity contribution < 1.29 is 18.4 Å². The number of ether oxygens (including phenoxy) is 1. The van der Waals surface area contributed by atoms with Crippen LogP contribution in [0.2, 0.25) is 36.3 Å². The smallest absolute Gasteiger partial charge is 0.330 e. The summed E-state index contributed by atoms with van der Waals surface area (Å²) in [6, 6.07) is 0. The molecular weight excluding hydrogens is 396 g/mol. The van der Waals surface area contributed by atoms with Crippen LogP contribution in [0.4, 0.5) is 0 Å². The minimum absolute atomic E-state index is 0.0695. The van der Waals surface area contributed by atoms with Crippen LogP contribution < -0.4 is 0 Å². The van der Waals surface area contributed by atoms with Crippen molar-refractivity contribution in [1.29, 1.82) is 0 Å². The Morgan fingerprint density at radius 1 is 1.00 bits per heavy atom. The molecule has 6 heteroatoms. The van der Waals surface area contributed by atoms with Gasteiger partial charge in [-0.2, -0.15) is 0 Å². The molecule has 3 atom stereocenters. The first kappa shape index (κ1) is 26.6. The van der Waals surface area contributed by atoms with Crippen molar-refractivity contribution in [2.45, 2.75) is 117 Å². The molecule has 1 aliphatic rings. The lowest BCUT2D eigenvalue weighted by molar-refractivity contribution is -0.137. The summed E-state index contributed by atoms with van der Waals surface area (Å²) in [6.07, 6.45) is 3.52. The minimum atomic E-state index is -1.93. The van der Waals surface area contributed by atoms with E-state index in [9.17, 15) is 4.79 Å². The van der Waals surface area contributed by atoms with Crippen LogP contribution in [0.25, 0.3) is 0 Å². The van der Waals surface area contributed by atoms with E-state index >= 15 is 0 Å². The maximum Gasteiger partial charge on any atom is 0.330 e. The molecular formula is C23H46O4Si2. The van der Waals surface area contributed by atoms with Crippen LogP contribution in [0.3, 0.4) is 0 Å². The van der Waals surface area contributed by atoms with E-state index in [1.165, 1.54) is 0 Å². The topological polar surface area (TPSA) is 44.8 Å². The number of carbonyl (C=O) groups is 1. The predicted molar refractivity (Wildman–Crippen MR) is 127 cm³/mol. The first-order valence-corrected chi connectivity index (χ1v) is 17.0. The lowest BCUT2D eigenvalue weighted by Gasteiger charge is -2.47. The van der Waals surface area contributed by atoms with Crippen molar-refractivity contribution in [1.82, 2.24) is 0 Å². The maximum absolute atomic E-state index is 12.2. The second-order valence-electron chi connectivity index (χ2n) is 11.6. The molecule has 0 amide bonds. The molecule has 0 heterocycles. The number of rotatable bonds is 6. The van der Waals surface area contributed by atoms with E-state index in [0.717, 1.165) is 18.4 Å². The third kappa shape index (κ3) is 7.05. The molecule has 170 valence electrons. The minimum Gasteiger partial charge on any atom is -0.463 e. The van der Waals surface area contributed by atoms with Crippen LogP contribution in [0.15, 0.2) is 11.6 Å². The van der Waals surface area contributed by atoms with Gasteiger partial charge in [-0.1, -0.05) is 54.0 Å². The molecule has 0 aromatic rings. The summed E-state index contributed by atoms with van der Waals surface area (Å²) in [4.78, 5) is 12.2. The van der Waals surface area contributed by atoms with Gasteiger partial charge in [-0.3, -0.25) is 0 Å². The summed E-state index contributed by atoms with van der Waals surface area (Å²) in [5.74, 6) is -0.0683. The maximum atomic E-state index is 12.2. The Kier molecular flexibility index (Phi) is 8.59. The van der Waals surface area contributed by atoms with Gasteiger partial charge in [-0.25, -0.2) is 4.79 Å². The van der Waals surface area contributed by atoms with Crippen molar-refractivity contribution in [3.63, 3.8) is 0 Å². The zero-order valence-electron chi connectivity index (χ0n) is 21.1. The first-order valence-electron chi connectivity index (χ1n) is 11.1. The highest BCUT2D eigenvalue weighted by molar-refractivity contribution is 6.74. The highest BCUT2D eigenvalue weighted by atomic mass is 28.4. The van der Waals surface area contributed by atoms with Gasteiger partial charge in [-0.05, 0) is 56.0 Å². The normalized spacial score (nSPS) is 25.9. The molecule has 0 spiro atoms. The number of esters is 1. The van der Waals surface area contributed by atoms with Crippen LogP contribution in [0.1, 0.15) is 68.2 Å². The zero-order valence-corrected chi connectivity index (χ0v) is 23.1. The molecule has 1 fully saturated rings. The average molecular weight is 443 g/mol. The summed E-state index contributed by atoms with van der Waals surface area (Å²) >= 11 is 0. The molecule has 4 nitrogen and oxygen atoms in total. The zero-order chi connectivity index (χ0) is 22.8. The molecule has 0 radical (unpaired) electrons. The predicted octanol–water partition coefficient (Wildman–Crippen LogP) is 6.69. The van der Waals surface area contributed by atoms with Crippen LogP contribution >= 0.6 is 0 Å². The van der Waals surface area contributed by atoms with Crippen molar-refractivity contribution in [2.24, 2.45) is 5.92 Å². The van der Waals surface area contributed by atoms with Gasteiger partial charge >= 0.3 is 5.97 Å². The van der Waals surface area contributed by atoms with Gasteiger partial charge in [0.2, 0.25) is 0 Å². The molecule has 0 saturated heterocycles. The summed E-state index contributed by atoms with van der Waals surface area (Å²) in [7, 11) is -3.84. The Labute approximate surface area is 182 Å². The molecule has 1 aliphatic carbocycles. The number of carbonyl (C=O) groups excluding carboxylic acids is 1. The quantitative estimate of drug-likeness (QED) is 0.261. The Hall–Kier alpha value is -0.436. The standard InChI is InChI=1S/C23H46O4Si2/c1-13-25-21(24)15-18-14-19(26-28(9,10)22(3,4)5)16-20(17(18)2)27-29(11,12)23(6,7)8/h15,17,19-20H,13-14,16H2,1-12H3/b18-15+/t17?,19-,20+/m1/s1.